The average Bonchev–Trinajstić information content (AvgIpc) is 3.33. The second-order valence-corrected chi connectivity index (χ2v) is 7.95. The van der Waals surface area contributed by atoms with Gasteiger partial charge in [0.05, 0.1) is 16.8 Å². The number of carbonyl (C=O) groups is 2. The van der Waals surface area contributed by atoms with Gasteiger partial charge in [0.15, 0.2) is 5.13 Å². The van der Waals surface area contributed by atoms with E-state index in [1.807, 2.05) is 49.0 Å². The maximum absolute atomic E-state index is 12.7. The van der Waals surface area contributed by atoms with Crippen molar-refractivity contribution in [3.63, 3.8) is 0 Å². The Bertz CT molecular complexity index is 950. The number of aromatic nitrogens is 2. The Morgan fingerprint density at radius 2 is 2.00 bits per heavy atom. The van der Waals surface area contributed by atoms with Crippen LogP contribution < -0.4 is 10.6 Å². The molecular weight excluding hydrogens is 376 g/mol. The highest BCUT2D eigenvalue weighted by Gasteiger charge is 2.22. The molecule has 0 saturated heterocycles. The van der Waals surface area contributed by atoms with Crippen LogP contribution in [0, 0.1) is 5.92 Å². The molecule has 2 amide bonds. The van der Waals surface area contributed by atoms with Crippen molar-refractivity contribution in [2.24, 2.45) is 5.92 Å². The standard InChI is InChI=1S/C20H24N4O3S/c1-13(2)11-16(19(27)21-7-10-25)22-18(26)14-5-6-15-17(12-14)28-20(23-15)24-8-3-4-9-24/h3-6,8-9,12-13,16,25H,7,10-11H2,1-2H3,(H,21,27)(H,22,26). The monoisotopic (exact) mass is 400 g/mol. The highest BCUT2D eigenvalue weighted by molar-refractivity contribution is 7.20. The number of fused-ring (bicyclic) bond motifs is 1. The highest BCUT2D eigenvalue weighted by Crippen LogP contribution is 2.26. The molecule has 1 atom stereocenters. The molecule has 3 aromatic rings. The molecule has 0 aliphatic heterocycles. The van der Waals surface area contributed by atoms with Gasteiger partial charge in [0.1, 0.15) is 6.04 Å². The zero-order valence-electron chi connectivity index (χ0n) is 15.9. The molecule has 7 nitrogen and oxygen atoms in total. The summed E-state index contributed by atoms with van der Waals surface area (Å²) in [5.41, 5.74) is 1.31. The lowest BCUT2D eigenvalue weighted by molar-refractivity contribution is -0.123. The average molecular weight is 401 g/mol. The number of nitrogens with zero attached hydrogens (tertiary/aromatic N) is 2. The number of aliphatic hydroxyl groups is 1. The Kier molecular flexibility index (Phi) is 6.43. The molecule has 28 heavy (non-hydrogen) atoms. The van der Waals surface area contributed by atoms with Gasteiger partial charge in [-0.25, -0.2) is 4.98 Å². The zero-order valence-corrected chi connectivity index (χ0v) is 16.7. The third-order valence-electron chi connectivity index (χ3n) is 4.20. The van der Waals surface area contributed by atoms with Crippen molar-refractivity contribution >= 4 is 33.4 Å². The number of benzene rings is 1. The smallest absolute Gasteiger partial charge is 0.251 e. The summed E-state index contributed by atoms with van der Waals surface area (Å²) < 4.78 is 2.83. The van der Waals surface area contributed by atoms with Crippen LogP contribution in [0.25, 0.3) is 15.3 Å². The first kappa shape index (κ1) is 20.0. The Morgan fingerprint density at radius 3 is 2.68 bits per heavy atom. The van der Waals surface area contributed by atoms with Crippen LogP contribution in [0.2, 0.25) is 0 Å². The van der Waals surface area contributed by atoms with Crippen molar-refractivity contribution in [2.75, 3.05) is 13.2 Å². The van der Waals surface area contributed by atoms with Gasteiger partial charge in [0.25, 0.3) is 5.91 Å². The minimum absolute atomic E-state index is 0.139. The lowest BCUT2D eigenvalue weighted by Crippen LogP contribution is -2.48. The van der Waals surface area contributed by atoms with Gasteiger partial charge < -0.3 is 20.3 Å². The third-order valence-corrected chi connectivity index (χ3v) is 5.24. The zero-order chi connectivity index (χ0) is 20.1. The van der Waals surface area contributed by atoms with Crippen LogP contribution in [-0.4, -0.2) is 45.7 Å². The van der Waals surface area contributed by atoms with Crippen LogP contribution in [-0.2, 0) is 4.79 Å². The number of rotatable bonds is 8. The van der Waals surface area contributed by atoms with Crippen molar-refractivity contribution in [1.82, 2.24) is 20.2 Å². The first-order chi connectivity index (χ1) is 13.5. The highest BCUT2D eigenvalue weighted by atomic mass is 32.1. The van der Waals surface area contributed by atoms with E-state index in [4.69, 9.17) is 5.11 Å². The molecule has 0 spiro atoms. The lowest BCUT2D eigenvalue weighted by atomic mass is 10.0. The number of hydrogen-bond acceptors (Lipinski definition) is 5. The van der Waals surface area contributed by atoms with E-state index in [1.165, 1.54) is 11.3 Å². The normalized spacial score (nSPS) is 12.3. The van der Waals surface area contributed by atoms with Gasteiger partial charge in [0.2, 0.25) is 5.91 Å². The minimum atomic E-state index is -0.647. The molecular formula is C20H24N4O3S. The van der Waals surface area contributed by atoms with Crippen molar-refractivity contribution in [2.45, 2.75) is 26.3 Å². The van der Waals surface area contributed by atoms with E-state index in [2.05, 4.69) is 15.6 Å². The first-order valence-corrected chi connectivity index (χ1v) is 10.0. The van der Waals surface area contributed by atoms with Crippen molar-refractivity contribution in [3.05, 3.63) is 48.3 Å². The third kappa shape index (κ3) is 4.76. The quantitative estimate of drug-likeness (QED) is 0.541. The largest absolute Gasteiger partial charge is 0.395 e. The fourth-order valence-corrected chi connectivity index (χ4v) is 3.84. The van der Waals surface area contributed by atoms with Crippen LogP contribution in [0.4, 0.5) is 0 Å². The maximum atomic E-state index is 12.7. The van der Waals surface area contributed by atoms with Crippen LogP contribution in [0.3, 0.4) is 0 Å². The summed E-state index contributed by atoms with van der Waals surface area (Å²) in [4.78, 5) is 29.6. The molecule has 0 saturated carbocycles. The predicted molar refractivity (Wildman–Crippen MR) is 110 cm³/mol. The van der Waals surface area contributed by atoms with Crippen molar-refractivity contribution in [3.8, 4) is 5.13 Å². The maximum Gasteiger partial charge on any atom is 0.251 e. The molecule has 148 valence electrons. The summed E-state index contributed by atoms with van der Waals surface area (Å²) in [6, 6.07) is 8.55. The van der Waals surface area contributed by atoms with Gasteiger partial charge in [-0.05, 0) is 42.7 Å². The topological polar surface area (TPSA) is 96.2 Å². The summed E-state index contributed by atoms with van der Waals surface area (Å²) in [6.07, 6.45) is 4.36. The summed E-state index contributed by atoms with van der Waals surface area (Å²) in [7, 11) is 0. The van der Waals surface area contributed by atoms with Gasteiger partial charge in [-0.1, -0.05) is 25.2 Å². The van der Waals surface area contributed by atoms with Gasteiger partial charge in [-0.15, -0.1) is 0 Å². The van der Waals surface area contributed by atoms with Crippen molar-refractivity contribution in [1.29, 1.82) is 0 Å². The minimum Gasteiger partial charge on any atom is -0.395 e. The van der Waals surface area contributed by atoms with Crippen LogP contribution >= 0.6 is 11.3 Å². The Labute approximate surface area is 167 Å². The van der Waals surface area contributed by atoms with Crippen LogP contribution in [0.1, 0.15) is 30.6 Å². The Balaban J connectivity index is 1.77. The van der Waals surface area contributed by atoms with Gasteiger partial charge >= 0.3 is 0 Å². The summed E-state index contributed by atoms with van der Waals surface area (Å²) in [5, 5.41) is 15.2. The molecule has 8 heteroatoms. The van der Waals surface area contributed by atoms with E-state index in [9.17, 15) is 9.59 Å². The number of thiazole rings is 1. The molecule has 3 N–H and O–H groups in total. The first-order valence-electron chi connectivity index (χ1n) is 9.21. The van der Waals surface area contributed by atoms with E-state index in [0.717, 1.165) is 15.3 Å². The predicted octanol–water partition coefficient (Wildman–Crippen LogP) is 2.34. The Morgan fingerprint density at radius 1 is 1.25 bits per heavy atom. The fourth-order valence-electron chi connectivity index (χ4n) is 2.87. The SMILES string of the molecule is CC(C)CC(NC(=O)c1ccc2nc(-n3cccc3)sc2c1)C(=O)NCCO. The number of hydrogen-bond donors (Lipinski definition) is 3. The van der Waals surface area contributed by atoms with Crippen molar-refractivity contribution < 1.29 is 14.7 Å². The second kappa shape index (κ2) is 8.99. The number of nitrogens with one attached hydrogen (secondary N) is 2. The summed E-state index contributed by atoms with van der Waals surface area (Å²) in [6.45, 7) is 4.01. The number of aliphatic hydroxyl groups excluding tert-OH is 1. The van der Waals surface area contributed by atoms with Crippen LogP contribution in [0.15, 0.2) is 42.7 Å². The number of amides is 2. The summed E-state index contributed by atoms with van der Waals surface area (Å²) in [5.74, 6) is -0.356. The molecule has 0 fully saturated rings. The van der Waals surface area contributed by atoms with Gasteiger partial charge in [-0.3, -0.25) is 9.59 Å². The van der Waals surface area contributed by atoms with Gasteiger partial charge in [-0.2, -0.15) is 0 Å². The van der Waals surface area contributed by atoms with E-state index < -0.39 is 6.04 Å². The molecule has 3 rings (SSSR count). The molecule has 0 aliphatic carbocycles. The fraction of sp³-hybridized carbons (Fsp3) is 0.350. The molecule has 0 radical (unpaired) electrons. The van der Waals surface area contributed by atoms with Crippen LogP contribution in [0.5, 0.6) is 0 Å². The molecule has 1 unspecified atom stereocenters. The molecule has 1 aromatic carbocycles. The molecule has 0 aliphatic rings. The molecule has 2 heterocycles. The molecule has 0 bridgehead atoms. The summed E-state index contributed by atoms with van der Waals surface area (Å²) >= 11 is 1.50. The van der Waals surface area contributed by atoms with E-state index >= 15 is 0 Å². The lowest BCUT2D eigenvalue weighted by Gasteiger charge is -2.20. The van der Waals surface area contributed by atoms with Gasteiger partial charge in [0, 0.05) is 24.5 Å². The second-order valence-electron chi connectivity index (χ2n) is 6.94. The van der Waals surface area contributed by atoms with E-state index in [0.29, 0.717) is 12.0 Å². The molecule has 2 aromatic heterocycles. The number of carbonyl (C=O) groups excluding carboxylic acids is 2. The Hall–Kier alpha value is -2.71. The van der Waals surface area contributed by atoms with E-state index in [1.54, 1.807) is 12.1 Å². The van der Waals surface area contributed by atoms with E-state index in [-0.39, 0.29) is 30.9 Å².